The maximum absolute atomic E-state index is 11.6. The molecule has 0 aromatic heterocycles. The Morgan fingerprint density at radius 1 is 1.19 bits per heavy atom. The summed E-state index contributed by atoms with van der Waals surface area (Å²) in [5.41, 5.74) is 0.167. The quantitative estimate of drug-likeness (QED) is 0.770. The Balaban J connectivity index is 2.31. The zero-order chi connectivity index (χ0) is 11.4. The highest BCUT2D eigenvalue weighted by Crippen LogP contribution is 2.19. The van der Waals surface area contributed by atoms with Crippen molar-refractivity contribution >= 4 is 12.1 Å². The fourth-order valence-electron chi connectivity index (χ4n) is 1.40. The van der Waals surface area contributed by atoms with Crippen LogP contribution in [0.5, 0.6) is 5.75 Å². The van der Waals surface area contributed by atoms with Gasteiger partial charge in [-0.25, -0.2) is 0 Å². The van der Waals surface area contributed by atoms with E-state index in [0.29, 0.717) is 5.75 Å². The number of Topliss-reactive ketones (excluding diaryl/α,β-unsaturated/α-hetero) is 1. The van der Waals surface area contributed by atoms with Crippen molar-refractivity contribution in [2.24, 2.45) is 0 Å². The Labute approximate surface area is 93.0 Å². The van der Waals surface area contributed by atoms with E-state index in [4.69, 9.17) is 4.74 Å². The number of hydrogen-bond donors (Lipinski definition) is 0. The number of ketones is 1. The Morgan fingerprint density at radius 3 is 2.62 bits per heavy atom. The highest BCUT2D eigenvalue weighted by molar-refractivity contribution is 6.02. The first-order chi connectivity index (χ1) is 7.81. The van der Waals surface area contributed by atoms with Crippen LogP contribution < -0.4 is 4.74 Å². The lowest BCUT2D eigenvalue weighted by Gasteiger charge is -2.12. The lowest BCUT2D eigenvalue weighted by molar-refractivity contribution is -0.116. The van der Waals surface area contributed by atoms with Crippen LogP contribution in [-0.4, -0.2) is 12.1 Å². The molecule has 0 spiro atoms. The van der Waals surface area contributed by atoms with Crippen LogP contribution in [-0.2, 0) is 9.59 Å². The molecular weight excluding hydrogens is 204 g/mol. The number of carbonyl (C=O) groups is 1. The van der Waals surface area contributed by atoms with Crippen LogP contribution in [0.4, 0.5) is 0 Å². The van der Waals surface area contributed by atoms with Gasteiger partial charge in [-0.05, 0) is 12.1 Å². The number of carbonyl (C=O) groups excluding carboxylic acids is 2. The molecule has 1 aliphatic carbocycles. The number of ether oxygens (including phenoxy) is 1. The van der Waals surface area contributed by atoms with Crippen molar-refractivity contribution < 1.29 is 14.3 Å². The SMILES string of the molecule is O=[C]C1=C(Oc2ccccc2)C(=O)CC=C1. The summed E-state index contributed by atoms with van der Waals surface area (Å²) in [6, 6.07) is 8.88. The fraction of sp³-hybridized carbons (Fsp3) is 0.0769. The standard InChI is InChI=1S/C13H9O3/c14-9-10-5-4-8-12(15)13(10)16-11-6-2-1-3-7-11/h1-7H,8H2. The molecule has 0 fully saturated rings. The summed E-state index contributed by atoms with van der Waals surface area (Å²) in [7, 11) is 0. The van der Waals surface area contributed by atoms with Gasteiger partial charge in [-0.3, -0.25) is 9.59 Å². The van der Waals surface area contributed by atoms with Crippen molar-refractivity contribution in [3.8, 4) is 5.75 Å². The summed E-state index contributed by atoms with van der Waals surface area (Å²) in [6.07, 6.45) is 5.13. The molecule has 2 rings (SSSR count). The number of benzene rings is 1. The summed E-state index contributed by atoms with van der Waals surface area (Å²) in [6.45, 7) is 0. The van der Waals surface area contributed by atoms with Crippen LogP contribution in [0.3, 0.4) is 0 Å². The molecule has 3 heteroatoms. The summed E-state index contributed by atoms with van der Waals surface area (Å²) in [4.78, 5) is 22.2. The fourth-order valence-corrected chi connectivity index (χ4v) is 1.40. The summed E-state index contributed by atoms with van der Waals surface area (Å²) >= 11 is 0. The topological polar surface area (TPSA) is 43.4 Å². The highest BCUT2D eigenvalue weighted by atomic mass is 16.5. The zero-order valence-corrected chi connectivity index (χ0v) is 8.47. The molecule has 1 aromatic rings. The van der Waals surface area contributed by atoms with Gasteiger partial charge in [0.25, 0.3) is 0 Å². The van der Waals surface area contributed by atoms with E-state index in [1.54, 1.807) is 42.7 Å². The van der Waals surface area contributed by atoms with Gasteiger partial charge in [0.15, 0.2) is 5.76 Å². The van der Waals surface area contributed by atoms with Gasteiger partial charge < -0.3 is 4.74 Å². The molecule has 0 aliphatic heterocycles. The molecule has 0 heterocycles. The average molecular weight is 213 g/mol. The van der Waals surface area contributed by atoms with Crippen molar-refractivity contribution in [1.29, 1.82) is 0 Å². The van der Waals surface area contributed by atoms with E-state index in [-0.39, 0.29) is 23.5 Å². The monoisotopic (exact) mass is 213 g/mol. The molecule has 0 saturated carbocycles. The van der Waals surface area contributed by atoms with E-state index in [0.717, 1.165) is 0 Å². The molecule has 1 aromatic carbocycles. The molecule has 3 nitrogen and oxygen atoms in total. The number of para-hydroxylation sites is 1. The maximum Gasteiger partial charge on any atom is 0.237 e. The first-order valence-corrected chi connectivity index (χ1v) is 4.86. The minimum absolute atomic E-state index is 0.0729. The van der Waals surface area contributed by atoms with Crippen molar-refractivity contribution in [3.05, 3.63) is 53.8 Å². The molecule has 1 radical (unpaired) electrons. The van der Waals surface area contributed by atoms with Crippen molar-refractivity contribution in [3.63, 3.8) is 0 Å². The minimum Gasteiger partial charge on any atom is -0.453 e. The highest BCUT2D eigenvalue weighted by Gasteiger charge is 2.19. The molecule has 0 bridgehead atoms. The average Bonchev–Trinajstić information content (AvgIpc) is 2.33. The third-order valence-corrected chi connectivity index (χ3v) is 2.16. The molecule has 0 N–H and O–H groups in total. The summed E-state index contributed by atoms with van der Waals surface area (Å²) in [5, 5.41) is 0. The van der Waals surface area contributed by atoms with Gasteiger partial charge in [-0.15, -0.1) is 0 Å². The van der Waals surface area contributed by atoms with Gasteiger partial charge >= 0.3 is 0 Å². The van der Waals surface area contributed by atoms with E-state index in [1.807, 2.05) is 6.07 Å². The number of rotatable bonds is 3. The Hall–Kier alpha value is -2.16. The first-order valence-electron chi connectivity index (χ1n) is 4.86. The molecule has 0 unspecified atom stereocenters. The number of hydrogen-bond acceptors (Lipinski definition) is 3. The second kappa shape index (κ2) is 4.57. The van der Waals surface area contributed by atoms with Gasteiger partial charge in [0.05, 0.1) is 5.57 Å². The molecule has 0 saturated heterocycles. The third-order valence-electron chi connectivity index (χ3n) is 2.16. The maximum atomic E-state index is 11.6. The van der Waals surface area contributed by atoms with Crippen LogP contribution in [0.25, 0.3) is 0 Å². The van der Waals surface area contributed by atoms with E-state index in [9.17, 15) is 9.59 Å². The van der Waals surface area contributed by atoms with E-state index in [1.165, 1.54) is 0 Å². The zero-order valence-electron chi connectivity index (χ0n) is 8.47. The van der Waals surface area contributed by atoms with Crippen LogP contribution in [0.2, 0.25) is 0 Å². The molecule has 79 valence electrons. The summed E-state index contributed by atoms with van der Waals surface area (Å²) in [5.74, 6) is 0.405. The second-order valence-corrected chi connectivity index (χ2v) is 3.29. The molecule has 0 atom stereocenters. The third kappa shape index (κ3) is 2.08. The van der Waals surface area contributed by atoms with Crippen LogP contribution in [0, 0.1) is 0 Å². The van der Waals surface area contributed by atoms with Crippen molar-refractivity contribution in [2.75, 3.05) is 0 Å². The van der Waals surface area contributed by atoms with Gasteiger partial charge in [-0.1, -0.05) is 30.4 Å². The number of allylic oxidation sites excluding steroid dienone is 4. The predicted octanol–water partition coefficient (Wildman–Crippen LogP) is 1.96. The van der Waals surface area contributed by atoms with Gasteiger partial charge in [0, 0.05) is 6.42 Å². The largest absolute Gasteiger partial charge is 0.453 e. The molecule has 0 amide bonds. The Bertz CT molecular complexity index is 469. The predicted molar refractivity (Wildman–Crippen MR) is 58.6 cm³/mol. The molecule has 1 aliphatic rings. The van der Waals surface area contributed by atoms with Crippen LogP contribution in [0.1, 0.15) is 6.42 Å². The molecule has 16 heavy (non-hydrogen) atoms. The summed E-state index contributed by atoms with van der Waals surface area (Å²) < 4.78 is 5.39. The Kier molecular flexibility index (Phi) is 2.96. The van der Waals surface area contributed by atoms with Crippen LogP contribution in [0.15, 0.2) is 53.8 Å². The van der Waals surface area contributed by atoms with Gasteiger partial charge in [-0.2, -0.15) is 0 Å². The van der Waals surface area contributed by atoms with Crippen molar-refractivity contribution in [1.82, 2.24) is 0 Å². The minimum atomic E-state index is -0.204. The van der Waals surface area contributed by atoms with E-state index in [2.05, 4.69) is 0 Å². The first kappa shape index (κ1) is 10.4. The second-order valence-electron chi connectivity index (χ2n) is 3.29. The van der Waals surface area contributed by atoms with Gasteiger partial charge in [0.2, 0.25) is 12.1 Å². The molecular formula is C13H9O3. The Morgan fingerprint density at radius 2 is 1.94 bits per heavy atom. The van der Waals surface area contributed by atoms with E-state index < -0.39 is 0 Å². The smallest absolute Gasteiger partial charge is 0.237 e. The van der Waals surface area contributed by atoms with Crippen LogP contribution >= 0.6 is 0 Å². The van der Waals surface area contributed by atoms with Gasteiger partial charge in [0.1, 0.15) is 5.75 Å². The lowest BCUT2D eigenvalue weighted by Crippen LogP contribution is -2.14. The van der Waals surface area contributed by atoms with Crippen molar-refractivity contribution in [2.45, 2.75) is 6.42 Å². The van der Waals surface area contributed by atoms with E-state index >= 15 is 0 Å². The normalized spacial score (nSPS) is 15.1. The lowest BCUT2D eigenvalue weighted by atomic mass is 10.1.